The molecule has 0 fully saturated rings. The number of hydrogen-bond acceptors (Lipinski definition) is 6. The molecule has 0 radical (unpaired) electrons. The Morgan fingerprint density at radius 2 is 1.52 bits per heavy atom. The molecule has 2 atom stereocenters. The maximum absolute atomic E-state index is 12.5. The molecule has 0 heterocycles. The Bertz CT molecular complexity index is 464. The molecule has 2 amide bonds. The van der Waals surface area contributed by atoms with Gasteiger partial charge < -0.3 is 20.1 Å². The van der Waals surface area contributed by atoms with Crippen LogP contribution in [0.1, 0.15) is 53.9 Å². The summed E-state index contributed by atoms with van der Waals surface area (Å²) in [7, 11) is 0. The van der Waals surface area contributed by atoms with Gasteiger partial charge in [-0.2, -0.15) is 0 Å². The van der Waals surface area contributed by atoms with Crippen LogP contribution in [0.4, 0.5) is 0 Å². The molecular formula is C17H30N2O6. The highest BCUT2D eigenvalue weighted by Gasteiger charge is 2.29. The smallest absolute Gasteiger partial charge is 0.328 e. The zero-order valence-electron chi connectivity index (χ0n) is 15.7. The van der Waals surface area contributed by atoms with Crippen molar-refractivity contribution >= 4 is 23.8 Å². The molecule has 0 saturated heterocycles. The van der Waals surface area contributed by atoms with Gasteiger partial charge in [0.25, 0.3) is 0 Å². The van der Waals surface area contributed by atoms with Crippen molar-refractivity contribution in [3.8, 4) is 0 Å². The standard InChI is InChI=1S/C17H30N2O6/c1-6-13(20)19-15(11(4)5)16(22)18-12(17(23)25-8-3)9-10-14(21)24-7-2/h11-12,15H,6-10H2,1-5H3,(H,18,22)(H,19,20)/t12-,15+/m1/s1. The highest BCUT2D eigenvalue weighted by molar-refractivity contribution is 5.91. The van der Waals surface area contributed by atoms with Crippen LogP contribution < -0.4 is 10.6 Å². The molecule has 0 aromatic rings. The quantitative estimate of drug-likeness (QED) is 0.532. The molecule has 0 aliphatic heterocycles. The Balaban J connectivity index is 4.99. The van der Waals surface area contributed by atoms with E-state index in [-0.39, 0.29) is 44.3 Å². The summed E-state index contributed by atoms with van der Waals surface area (Å²) in [5.41, 5.74) is 0. The average Bonchev–Trinajstić information content (AvgIpc) is 2.55. The van der Waals surface area contributed by atoms with Gasteiger partial charge in [-0.1, -0.05) is 20.8 Å². The summed E-state index contributed by atoms with van der Waals surface area (Å²) in [6.45, 7) is 9.01. The summed E-state index contributed by atoms with van der Waals surface area (Å²) in [4.78, 5) is 47.6. The minimum Gasteiger partial charge on any atom is -0.466 e. The molecule has 0 bridgehead atoms. The van der Waals surface area contributed by atoms with Gasteiger partial charge in [0.1, 0.15) is 12.1 Å². The van der Waals surface area contributed by atoms with Gasteiger partial charge in [0.2, 0.25) is 11.8 Å². The first-order valence-electron chi connectivity index (χ1n) is 8.68. The number of hydrogen-bond donors (Lipinski definition) is 2. The summed E-state index contributed by atoms with van der Waals surface area (Å²) in [6.07, 6.45) is 0.294. The third kappa shape index (κ3) is 9.07. The van der Waals surface area contributed by atoms with Gasteiger partial charge in [-0.25, -0.2) is 4.79 Å². The number of carbonyl (C=O) groups is 4. The van der Waals surface area contributed by atoms with Crippen LogP contribution >= 0.6 is 0 Å². The van der Waals surface area contributed by atoms with E-state index in [0.717, 1.165) is 0 Å². The lowest BCUT2D eigenvalue weighted by atomic mass is 10.0. The van der Waals surface area contributed by atoms with E-state index in [9.17, 15) is 19.2 Å². The molecule has 0 aliphatic carbocycles. The molecular weight excluding hydrogens is 328 g/mol. The summed E-state index contributed by atoms with van der Waals surface area (Å²) in [5, 5.41) is 5.21. The highest BCUT2D eigenvalue weighted by atomic mass is 16.5. The predicted molar refractivity (Wildman–Crippen MR) is 91.5 cm³/mol. The Morgan fingerprint density at radius 3 is 2.00 bits per heavy atom. The van der Waals surface area contributed by atoms with Crippen LogP contribution in [0, 0.1) is 5.92 Å². The number of amides is 2. The first-order valence-corrected chi connectivity index (χ1v) is 8.68. The second-order valence-electron chi connectivity index (χ2n) is 5.80. The normalized spacial score (nSPS) is 12.9. The topological polar surface area (TPSA) is 111 Å². The Kier molecular flexibility index (Phi) is 11.2. The Hall–Kier alpha value is -2.12. The minimum absolute atomic E-state index is 0.0226. The van der Waals surface area contributed by atoms with Crippen molar-refractivity contribution in [2.45, 2.75) is 66.0 Å². The van der Waals surface area contributed by atoms with Crippen LogP contribution in [-0.2, 0) is 28.7 Å². The minimum atomic E-state index is -0.975. The van der Waals surface area contributed by atoms with E-state index in [1.165, 1.54) is 0 Å². The van der Waals surface area contributed by atoms with Crippen molar-refractivity contribution in [2.75, 3.05) is 13.2 Å². The molecule has 0 saturated carbocycles. The summed E-state index contributed by atoms with van der Waals surface area (Å²) >= 11 is 0. The molecule has 25 heavy (non-hydrogen) atoms. The Labute approximate surface area is 149 Å². The molecule has 2 N–H and O–H groups in total. The predicted octanol–water partition coefficient (Wildman–Crippen LogP) is 0.928. The van der Waals surface area contributed by atoms with Gasteiger partial charge in [0, 0.05) is 12.8 Å². The van der Waals surface area contributed by atoms with Gasteiger partial charge in [-0.05, 0) is 26.2 Å². The van der Waals surface area contributed by atoms with E-state index >= 15 is 0 Å². The number of esters is 2. The van der Waals surface area contributed by atoms with Crippen LogP contribution in [0.5, 0.6) is 0 Å². The highest BCUT2D eigenvalue weighted by Crippen LogP contribution is 2.07. The van der Waals surface area contributed by atoms with E-state index in [1.807, 2.05) is 0 Å². The molecule has 0 unspecified atom stereocenters. The molecule has 8 nitrogen and oxygen atoms in total. The first-order chi connectivity index (χ1) is 11.8. The average molecular weight is 358 g/mol. The number of nitrogens with one attached hydrogen (secondary N) is 2. The van der Waals surface area contributed by atoms with E-state index in [4.69, 9.17) is 9.47 Å². The molecule has 0 aliphatic rings. The second kappa shape index (κ2) is 12.3. The van der Waals surface area contributed by atoms with Crippen molar-refractivity contribution in [1.29, 1.82) is 0 Å². The third-order valence-corrected chi connectivity index (χ3v) is 3.42. The molecule has 144 valence electrons. The van der Waals surface area contributed by atoms with Gasteiger partial charge >= 0.3 is 11.9 Å². The lowest BCUT2D eigenvalue weighted by Gasteiger charge is -2.24. The van der Waals surface area contributed by atoms with E-state index in [2.05, 4.69) is 10.6 Å². The van der Waals surface area contributed by atoms with E-state index in [0.29, 0.717) is 0 Å². The summed E-state index contributed by atoms with van der Waals surface area (Å²) in [6, 6.07) is -1.75. The molecule has 0 spiro atoms. The fourth-order valence-electron chi connectivity index (χ4n) is 2.06. The maximum Gasteiger partial charge on any atom is 0.328 e. The summed E-state index contributed by atoms with van der Waals surface area (Å²) < 4.78 is 9.78. The second-order valence-corrected chi connectivity index (χ2v) is 5.80. The maximum atomic E-state index is 12.5. The molecule has 0 aromatic heterocycles. The Morgan fingerprint density at radius 1 is 0.920 bits per heavy atom. The zero-order valence-corrected chi connectivity index (χ0v) is 15.7. The van der Waals surface area contributed by atoms with Crippen LogP contribution in [0.3, 0.4) is 0 Å². The van der Waals surface area contributed by atoms with Gasteiger partial charge in [0.05, 0.1) is 13.2 Å². The van der Waals surface area contributed by atoms with Crippen LogP contribution in [0.15, 0.2) is 0 Å². The lowest BCUT2D eigenvalue weighted by molar-refractivity contribution is -0.149. The van der Waals surface area contributed by atoms with Crippen molar-refractivity contribution in [3.63, 3.8) is 0 Å². The van der Waals surface area contributed by atoms with Crippen molar-refractivity contribution in [1.82, 2.24) is 10.6 Å². The third-order valence-electron chi connectivity index (χ3n) is 3.42. The van der Waals surface area contributed by atoms with E-state index < -0.39 is 29.9 Å². The van der Waals surface area contributed by atoms with Crippen molar-refractivity contribution in [2.24, 2.45) is 5.92 Å². The lowest BCUT2D eigenvalue weighted by Crippen LogP contribution is -2.54. The van der Waals surface area contributed by atoms with Gasteiger partial charge in [-0.3, -0.25) is 14.4 Å². The van der Waals surface area contributed by atoms with E-state index in [1.54, 1.807) is 34.6 Å². The largest absolute Gasteiger partial charge is 0.466 e. The SMILES string of the molecule is CCOC(=O)CC[C@@H](NC(=O)[C@@H](NC(=O)CC)C(C)C)C(=O)OCC. The van der Waals surface area contributed by atoms with Crippen LogP contribution in [0.25, 0.3) is 0 Å². The van der Waals surface area contributed by atoms with Crippen molar-refractivity contribution < 1.29 is 28.7 Å². The van der Waals surface area contributed by atoms with Gasteiger partial charge in [-0.15, -0.1) is 0 Å². The molecule has 8 heteroatoms. The zero-order chi connectivity index (χ0) is 19.4. The van der Waals surface area contributed by atoms with Crippen molar-refractivity contribution in [3.05, 3.63) is 0 Å². The molecule has 0 aromatic carbocycles. The first kappa shape index (κ1) is 22.9. The van der Waals surface area contributed by atoms with Gasteiger partial charge in [0.15, 0.2) is 0 Å². The fourth-order valence-corrected chi connectivity index (χ4v) is 2.06. The van der Waals surface area contributed by atoms with Crippen LogP contribution in [0.2, 0.25) is 0 Å². The number of carbonyl (C=O) groups excluding carboxylic acids is 4. The summed E-state index contributed by atoms with van der Waals surface area (Å²) in [5.74, 6) is -1.98. The fraction of sp³-hybridized carbons (Fsp3) is 0.765. The van der Waals surface area contributed by atoms with Crippen LogP contribution in [-0.4, -0.2) is 49.1 Å². The number of ether oxygens (including phenoxy) is 2. The number of rotatable bonds is 11. The molecule has 0 rings (SSSR count). The monoisotopic (exact) mass is 358 g/mol.